The van der Waals surface area contributed by atoms with Crippen molar-refractivity contribution >= 4 is 5.69 Å². The van der Waals surface area contributed by atoms with Gasteiger partial charge in [-0.15, -0.1) is 0 Å². The van der Waals surface area contributed by atoms with Crippen LogP contribution in [-0.2, 0) is 6.18 Å². The summed E-state index contributed by atoms with van der Waals surface area (Å²) in [4.78, 5) is 0. The van der Waals surface area contributed by atoms with Gasteiger partial charge in [0.1, 0.15) is 17.7 Å². The van der Waals surface area contributed by atoms with Crippen LogP contribution in [0.15, 0.2) is 30.3 Å². The Kier molecular flexibility index (Phi) is 4.08. The van der Waals surface area contributed by atoms with Gasteiger partial charge in [0.2, 0.25) is 0 Å². The van der Waals surface area contributed by atoms with Crippen LogP contribution < -0.4 is 15.8 Å². The first-order chi connectivity index (χ1) is 11.3. The highest BCUT2D eigenvalue weighted by molar-refractivity contribution is 5.81. The van der Waals surface area contributed by atoms with E-state index in [1.807, 2.05) is 0 Å². The molecule has 1 heterocycles. The molecule has 8 heteroatoms. The topological polar surface area (TPSA) is 47.3 Å². The van der Waals surface area contributed by atoms with Gasteiger partial charge < -0.3 is 15.8 Å². The van der Waals surface area contributed by atoms with Crippen LogP contribution in [0.4, 0.5) is 27.6 Å². The highest BCUT2D eigenvalue weighted by atomic mass is 19.4. The molecule has 0 amide bonds. The molecule has 0 saturated carbocycles. The molecule has 0 spiro atoms. The van der Waals surface area contributed by atoms with Crippen LogP contribution in [0.2, 0.25) is 0 Å². The van der Waals surface area contributed by atoms with Gasteiger partial charge in [0.05, 0.1) is 17.8 Å². The Bertz CT molecular complexity index is 776. The number of hydrogen-bond donors (Lipinski definition) is 2. The molecule has 0 aromatic heterocycles. The number of rotatable bonds is 2. The Hall–Kier alpha value is -2.35. The second-order valence-corrected chi connectivity index (χ2v) is 5.37. The number of alkyl halides is 3. The summed E-state index contributed by atoms with van der Waals surface area (Å²) in [7, 11) is 0. The first-order valence-electron chi connectivity index (χ1n) is 7.11. The SMILES string of the molecule is NC[C@H]1CNc2cc(F)cc(-c3ccc(F)cc3C(F)(F)F)c2O1. The van der Waals surface area contributed by atoms with E-state index in [0.29, 0.717) is 12.6 Å². The van der Waals surface area contributed by atoms with Crippen molar-refractivity contribution in [2.24, 2.45) is 5.73 Å². The van der Waals surface area contributed by atoms with Gasteiger partial charge in [0.15, 0.2) is 5.75 Å². The van der Waals surface area contributed by atoms with E-state index in [4.69, 9.17) is 10.5 Å². The predicted molar refractivity (Wildman–Crippen MR) is 78.8 cm³/mol. The molecule has 2 aromatic rings. The molecule has 3 nitrogen and oxygen atoms in total. The fourth-order valence-electron chi connectivity index (χ4n) is 2.60. The summed E-state index contributed by atoms with van der Waals surface area (Å²) in [5, 5.41) is 2.88. The number of hydrogen-bond acceptors (Lipinski definition) is 3. The minimum absolute atomic E-state index is 0.0650. The molecule has 0 fully saturated rings. The summed E-state index contributed by atoms with van der Waals surface area (Å²) < 4.78 is 72.5. The number of ether oxygens (including phenoxy) is 1. The van der Waals surface area contributed by atoms with Crippen molar-refractivity contribution in [2.75, 3.05) is 18.4 Å². The third-order valence-electron chi connectivity index (χ3n) is 3.70. The van der Waals surface area contributed by atoms with Crippen LogP contribution in [0, 0.1) is 11.6 Å². The minimum atomic E-state index is -4.80. The van der Waals surface area contributed by atoms with Crippen LogP contribution >= 0.6 is 0 Å². The van der Waals surface area contributed by atoms with Crippen LogP contribution in [0.5, 0.6) is 5.75 Å². The molecule has 3 rings (SSSR count). The Balaban J connectivity index is 2.23. The van der Waals surface area contributed by atoms with E-state index >= 15 is 0 Å². The van der Waals surface area contributed by atoms with Gasteiger partial charge >= 0.3 is 6.18 Å². The van der Waals surface area contributed by atoms with Gasteiger partial charge in [0.25, 0.3) is 0 Å². The molecular formula is C16H13F5N2O. The standard InChI is InChI=1S/C16H13F5N2O/c17-8-1-2-11(13(4-8)16(19,20)21)12-3-9(18)5-14-15(12)24-10(6-22)7-23-14/h1-5,10,23H,6-7,22H2/t10-/m0/s1. The van der Waals surface area contributed by atoms with E-state index in [1.54, 1.807) is 0 Å². The Morgan fingerprint density at radius 2 is 1.83 bits per heavy atom. The van der Waals surface area contributed by atoms with E-state index in [-0.39, 0.29) is 29.1 Å². The Morgan fingerprint density at radius 1 is 1.08 bits per heavy atom. The van der Waals surface area contributed by atoms with Crippen molar-refractivity contribution in [3.63, 3.8) is 0 Å². The van der Waals surface area contributed by atoms with Crippen molar-refractivity contribution in [3.05, 3.63) is 47.5 Å². The van der Waals surface area contributed by atoms with Crippen molar-refractivity contribution in [1.29, 1.82) is 0 Å². The maximum Gasteiger partial charge on any atom is 0.417 e. The Morgan fingerprint density at radius 3 is 2.50 bits per heavy atom. The first kappa shape index (κ1) is 16.5. The van der Waals surface area contributed by atoms with Gasteiger partial charge in [-0.1, -0.05) is 6.07 Å². The smallest absolute Gasteiger partial charge is 0.417 e. The quantitative estimate of drug-likeness (QED) is 0.815. The molecule has 0 saturated heterocycles. The highest BCUT2D eigenvalue weighted by Gasteiger charge is 2.35. The lowest BCUT2D eigenvalue weighted by molar-refractivity contribution is -0.137. The molecule has 0 aliphatic carbocycles. The fraction of sp³-hybridized carbons (Fsp3) is 0.250. The average molecular weight is 344 g/mol. The molecule has 1 aliphatic rings. The monoisotopic (exact) mass is 344 g/mol. The number of fused-ring (bicyclic) bond motifs is 1. The summed E-state index contributed by atoms with van der Waals surface area (Å²) in [5.74, 6) is -1.70. The van der Waals surface area contributed by atoms with Crippen LogP contribution in [0.25, 0.3) is 11.1 Å². The normalized spacial score (nSPS) is 17.0. The molecule has 1 aliphatic heterocycles. The third-order valence-corrected chi connectivity index (χ3v) is 3.70. The van der Waals surface area contributed by atoms with Crippen molar-refractivity contribution in [2.45, 2.75) is 12.3 Å². The summed E-state index contributed by atoms with van der Waals surface area (Å²) in [5.41, 5.74) is 4.09. The highest BCUT2D eigenvalue weighted by Crippen LogP contribution is 2.45. The van der Waals surface area contributed by atoms with E-state index in [2.05, 4.69) is 5.32 Å². The zero-order valence-corrected chi connectivity index (χ0v) is 12.3. The molecule has 0 unspecified atom stereocenters. The zero-order chi connectivity index (χ0) is 17.5. The molecule has 128 valence electrons. The van der Waals surface area contributed by atoms with Gasteiger partial charge in [0, 0.05) is 18.2 Å². The van der Waals surface area contributed by atoms with Gasteiger partial charge in [-0.3, -0.25) is 0 Å². The lowest BCUT2D eigenvalue weighted by Crippen LogP contribution is -2.37. The lowest BCUT2D eigenvalue weighted by Gasteiger charge is -2.29. The van der Waals surface area contributed by atoms with Crippen LogP contribution in [0.3, 0.4) is 0 Å². The average Bonchev–Trinajstić information content (AvgIpc) is 2.53. The predicted octanol–water partition coefficient (Wildman–Crippen LogP) is 3.78. The summed E-state index contributed by atoms with van der Waals surface area (Å²) >= 11 is 0. The van der Waals surface area contributed by atoms with E-state index in [9.17, 15) is 22.0 Å². The molecule has 3 N–H and O–H groups in total. The van der Waals surface area contributed by atoms with Gasteiger partial charge in [-0.05, 0) is 23.8 Å². The number of nitrogens with two attached hydrogens (primary N) is 1. The molecular weight excluding hydrogens is 331 g/mol. The van der Waals surface area contributed by atoms with E-state index in [1.165, 1.54) is 0 Å². The molecule has 1 atom stereocenters. The molecule has 2 aromatic carbocycles. The maximum absolute atomic E-state index is 13.9. The van der Waals surface area contributed by atoms with Crippen LogP contribution in [-0.4, -0.2) is 19.2 Å². The first-order valence-corrected chi connectivity index (χ1v) is 7.11. The van der Waals surface area contributed by atoms with Crippen molar-refractivity contribution < 1.29 is 26.7 Å². The maximum atomic E-state index is 13.9. The fourth-order valence-corrected chi connectivity index (χ4v) is 2.60. The second-order valence-electron chi connectivity index (χ2n) is 5.37. The summed E-state index contributed by atoms with van der Waals surface area (Å²) in [6.45, 7) is 0.445. The minimum Gasteiger partial charge on any atom is -0.484 e. The second kappa shape index (κ2) is 5.94. The largest absolute Gasteiger partial charge is 0.484 e. The number of benzene rings is 2. The molecule has 0 bridgehead atoms. The summed E-state index contributed by atoms with van der Waals surface area (Å²) in [6, 6.07) is 4.29. The number of halogens is 5. The van der Waals surface area contributed by atoms with Crippen molar-refractivity contribution in [1.82, 2.24) is 0 Å². The lowest BCUT2D eigenvalue weighted by atomic mass is 9.96. The third kappa shape index (κ3) is 3.01. The van der Waals surface area contributed by atoms with Crippen molar-refractivity contribution in [3.8, 4) is 16.9 Å². The zero-order valence-electron chi connectivity index (χ0n) is 12.3. The number of anilines is 1. The number of nitrogens with one attached hydrogen (secondary N) is 1. The molecule has 24 heavy (non-hydrogen) atoms. The van der Waals surface area contributed by atoms with Crippen LogP contribution in [0.1, 0.15) is 5.56 Å². The molecule has 0 radical (unpaired) electrons. The van der Waals surface area contributed by atoms with E-state index in [0.717, 1.165) is 24.3 Å². The van der Waals surface area contributed by atoms with E-state index < -0.39 is 29.5 Å². The van der Waals surface area contributed by atoms with Gasteiger partial charge in [-0.2, -0.15) is 13.2 Å². The summed E-state index contributed by atoms with van der Waals surface area (Å²) in [6.07, 6.45) is -5.26. The van der Waals surface area contributed by atoms with Gasteiger partial charge in [-0.25, -0.2) is 8.78 Å². The Labute approximate surface area is 134 Å².